The normalized spacial score (nSPS) is 12.4. The second kappa shape index (κ2) is 9.66. The third-order valence-corrected chi connectivity index (χ3v) is 5.88. The third kappa shape index (κ3) is 4.99. The van der Waals surface area contributed by atoms with Gasteiger partial charge in [-0.3, -0.25) is 0 Å². The molecule has 3 aromatic carbocycles. The van der Waals surface area contributed by atoms with Crippen LogP contribution >= 0.6 is 27.5 Å². The number of anilines is 1. The van der Waals surface area contributed by atoms with Crippen LogP contribution in [0.2, 0.25) is 5.02 Å². The van der Waals surface area contributed by atoms with Gasteiger partial charge in [-0.25, -0.2) is 4.39 Å². The highest BCUT2D eigenvalue weighted by molar-refractivity contribution is 9.10. The Morgan fingerprint density at radius 1 is 1.06 bits per heavy atom. The number of methoxy groups -OCH3 is 1. The van der Waals surface area contributed by atoms with Gasteiger partial charge in [0.1, 0.15) is 25.6 Å². The monoisotopic (exact) mass is 507 g/mol. The van der Waals surface area contributed by atoms with E-state index in [2.05, 4.69) is 21.2 Å². The van der Waals surface area contributed by atoms with Crippen LogP contribution < -0.4 is 24.3 Å². The Morgan fingerprint density at radius 2 is 1.87 bits per heavy atom. The zero-order valence-corrected chi connectivity index (χ0v) is 19.1. The molecule has 31 heavy (non-hydrogen) atoms. The summed E-state index contributed by atoms with van der Waals surface area (Å²) in [5.74, 6) is 2.21. The topological polar surface area (TPSA) is 49.0 Å². The SMILES string of the molecule is COc1ccc(Br)c(CNc2ccc3c(c2)OCCO3)c1OCc1ccc(F)cc1Cl. The molecule has 1 heterocycles. The Kier molecular flexibility index (Phi) is 6.73. The van der Waals surface area contributed by atoms with Gasteiger partial charge in [0.15, 0.2) is 23.0 Å². The van der Waals surface area contributed by atoms with Crippen molar-refractivity contribution in [2.45, 2.75) is 13.2 Å². The largest absolute Gasteiger partial charge is 0.493 e. The first-order chi connectivity index (χ1) is 15.0. The lowest BCUT2D eigenvalue weighted by molar-refractivity contribution is 0.171. The molecular formula is C23H20BrClFNO4. The molecule has 0 bridgehead atoms. The van der Waals surface area contributed by atoms with Gasteiger partial charge in [0.25, 0.3) is 0 Å². The minimum absolute atomic E-state index is 0.170. The van der Waals surface area contributed by atoms with Gasteiger partial charge in [-0.05, 0) is 36.4 Å². The van der Waals surface area contributed by atoms with Gasteiger partial charge in [-0.1, -0.05) is 33.6 Å². The zero-order chi connectivity index (χ0) is 21.8. The molecule has 0 aromatic heterocycles. The Bertz CT molecular complexity index is 1100. The number of benzene rings is 3. The number of ether oxygens (including phenoxy) is 4. The van der Waals surface area contributed by atoms with Gasteiger partial charge in [-0.15, -0.1) is 0 Å². The van der Waals surface area contributed by atoms with Crippen molar-refractivity contribution in [2.75, 3.05) is 25.6 Å². The summed E-state index contributed by atoms with van der Waals surface area (Å²) in [7, 11) is 1.58. The van der Waals surface area contributed by atoms with E-state index in [1.165, 1.54) is 12.1 Å². The Hall–Kier alpha value is -2.64. The molecule has 0 amide bonds. The molecule has 162 valence electrons. The lowest BCUT2D eigenvalue weighted by Crippen LogP contribution is -2.15. The fourth-order valence-electron chi connectivity index (χ4n) is 3.20. The predicted octanol–water partition coefficient (Wildman–Crippen LogP) is 6.21. The molecular weight excluding hydrogens is 489 g/mol. The van der Waals surface area contributed by atoms with Crippen molar-refractivity contribution < 1.29 is 23.3 Å². The van der Waals surface area contributed by atoms with Crippen molar-refractivity contribution in [2.24, 2.45) is 0 Å². The molecule has 1 N–H and O–H groups in total. The summed E-state index contributed by atoms with van der Waals surface area (Å²) in [5, 5.41) is 3.69. The van der Waals surface area contributed by atoms with Crippen LogP contribution in [0.5, 0.6) is 23.0 Å². The molecule has 1 aliphatic rings. The third-order valence-electron chi connectivity index (χ3n) is 4.79. The first-order valence-corrected chi connectivity index (χ1v) is 10.8. The highest BCUT2D eigenvalue weighted by Crippen LogP contribution is 2.38. The highest BCUT2D eigenvalue weighted by Gasteiger charge is 2.17. The Balaban J connectivity index is 1.55. The average Bonchev–Trinajstić information content (AvgIpc) is 2.78. The highest BCUT2D eigenvalue weighted by atomic mass is 79.9. The van der Waals surface area contributed by atoms with Crippen molar-refractivity contribution in [3.63, 3.8) is 0 Å². The molecule has 0 unspecified atom stereocenters. The van der Waals surface area contributed by atoms with Gasteiger partial charge in [0, 0.05) is 33.9 Å². The minimum atomic E-state index is -0.391. The minimum Gasteiger partial charge on any atom is -0.493 e. The zero-order valence-electron chi connectivity index (χ0n) is 16.7. The molecule has 4 rings (SSSR count). The van der Waals surface area contributed by atoms with Gasteiger partial charge in [-0.2, -0.15) is 0 Å². The maximum atomic E-state index is 13.3. The van der Waals surface area contributed by atoms with E-state index in [-0.39, 0.29) is 6.61 Å². The summed E-state index contributed by atoms with van der Waals surface area (Å²) in [4.78, 5) is 0. The van der Waals surface area contributed by atoms with E-state index in [0.717, 1.165) is 21.5 Å². The summed E-state index contributed by atoms with van der Waals surface area (Å²) < 4.78 is 37.0. The van der Waals surface area contributed by atoms with Crippen LogP contribution in [-0.4, -0.2) is 20.3 Å². The molecule has 0 atom stereocenters. The smallest absolute Gasteiger partial charge is 0.167 e. The summed E-state index contributed by atoms with van der Waals surface area (Å²) in [5.41, 5.74) is 2.43. The molecule has 0 saturated heterocycles. The second-order valence-corrected chi connectivity index (χ2v) is 8.06. The number of fused-ring (bicyclic) bond motifs is 1. The summed E-state index contributed by atoms with van der Waals surface area (Å²) in [6, 6.07) is 13.7. The molecule has 0 aliphatic carbocycles. The fraction of sp³-hybridized carbons (Fsp3) is 0.217. The van der Waals surface area contributed by atoms with Crippen LogP contribution in [0, 0.1) is 5.82 Å². The molecule has 5 nitrogen and oxygen atoms in total. The van der Waals surface area contributed by atoms with Crippen LogP contribution in [0.4, 0.5) is 10.1 Å². The van der Waals surface area contributed by atoms with Crippen molar-refractivity contribution in [1.29, 1.82) is 0 Å². The maximum Gasteiger partial charge on any atom is 0.167 e. The van der Waals surface area contributed by atoms with E-state index >= 15 is 0 Å². The molecule has 8 heteroatoms. The van der Waals surface area contributed by atoms with Crippen molar-refractivity contribution in [1.82, 2.24) is 0 Å². The van der Waals surface area contributed by atoms with E-state index in [4.69, 9.17) is 30.5 Å². The molecule has 0 spiro atoms. The summed E-state index contributed by atoms with van der Waals surface area (Å²) >= 11 is 9.74. The lowest BCUT2D eigenvalue weighted by Gasteiger charge is -2.20. The number of rotatable bonds is 7. The fourth-order valence-corrected chi connectivity index (χ4v) is 3.87. The Morgan fingerprint density at radius 3 is 2.65 bits per heavy atom. The second-order valence-electron chi connectivity index (χ2n) is 6.79. The van der Waals surface area contributed by atoms with Crippen molar-refractivity contribution in [3.8, 4) is 23.0 Å². The molecule has 0 fully saturated rings. The quantitative estimate of drug-likeness (QED) is 0.411. The molecule has 0 radical (unpaired) electrons. The molecule has 0 saturated carbocycles. The van der Waals surface area contributed by atoms with Crippen LogP contribution in [0.1, 0.15) is 11.1 Å². The number of hydrogen-bond donors (Lipinski definition) is 1. The van der Waals surface area contributed by atoms with Crippen LogP contribution in [0.25, 0.3) is 0 Å². The van der Waals surface area contributed by atoms with E-state index < -0.39 is 5.82 Å². The van der Waals surface area contributed by atoms with Crippen LogP contribution in [0.3, 0.4) is 0 Å². The molecule has 1 aliphatic heterocycles. The van der Waals surface area contributed by atoms with Gasteiger partial charge >= 0.3 is 0 Å². The van der Waals surface area contributed by atoms with Gasteiger partial charge < -0.3 is 24.3 Å². The van der Waals surface area contributed by atoms with Gasteiger partial charge in [0.2, 0.25) is 0 Å². The predicted molar refractivity (Wildman–Crippen MR) is 121 cm³/mol. The lowest BCUT2D eigenvalue weighted by atomic mass is 10.1. The standard InChI is InChI=1S/C23H20BrClFNO4/c1-28-21-7-5-18(24)17(23(21)31-13-14-2-3-15(26)10-19(14)25)12-27-16-4-6-20-22(11-16)30-9-8-29-20/h2-7,10-11,27H,8-9,12-13H2,1H3. The molecule has 3 aromatic rings. The van der Waals surface area contributed by atoms with E-state index in [1.807, 2.05) is 30.3 Å². The number of hydrogen-bond acceptors (Lipinski definition) is 5. The maximum absolute atomic E-state index is 13.3. The number of halogens is 3. The van der Waals surface area contributed by atoms with E-state index in [0.29, 0.717) is 47.6 Å². The van der Waals surface area contributed by atoms with Crippen molar-refractivity contribution >= 4 is 33.2 Å². The van der Waals surface area contributed by atoms with Crippen LogP contribution in [-0.2, 0) is 13.2 Å². The van der Waals surface area contributed by atoms with Crippen LogP contribution in [0.15, 0.2) is 53.0 Å². The van der Waals surface area contributed by atoms with E-state index in [9.17, 15) is 4.39 Å². The summed E-state index contributed by atoms with van der Waals surface area (Å²) in [6.45, 7) is 1.71. The van der Waals surface area contributed by atoms with E-state index in [1.54, 1.807) is 13.2 Å². The van der Waals surface area contributed by atoms with Crippen molar-refractivity contribution in [3.05, 3.63) is 75.0 Å². The Labute approximate surface area is 193 Å². The summed E-state index contributed by atoms with van der Waals surface area (Å²) in [6.07, 6.45) is 0. The first kappa shape index (κ1) is 21.6. The number of nitrogens with one attached hydrogen (secondary N) is 1. The first-order valence-electron chi connectivity index (χ1n) is 9.61. The van der Waals surface area contributed by atoms with Gasteiger partial charge in [0.05, 0.1) is 12.1 Å². The average molecular weight is 509 g/mol.